The van der Waals surface area contributed by atoms with Crippen LogP contribution in [0, 0.1) is 13.8 Å². The van der Waals surface area contributed by atoms with Crippen molar-refractivity contribution in [1.82, 2.24) is 4.90 Å². The third-order valence-corrected chi connectivity index (χ3v) is 4.65. The van der Waals surface area contributed by atoms with Crippen molar-refractivity contribution in [2.75, 3.05) is 13.1 Å². The highest BCUT2D eigenvalue weighted by Crippen LogP contribution is 2.30. The van der Waals surface area contributed by atoms with Crippen LogP contribution in [0.2, 0.25) is 0 Å². The van der Waals surface area contributed by atoms with E-state index in [-0.39, 0.29) is 29.7 Å². The summed E-state index contributed by atoms with van der Waals surface area (Å²) in [5, 5.41) is 20.2. The van der Waals surface area contributed by atoms with Gasteiger partial charge in [-0.1, -0.05) is 0 Å². The summed E-state index contributed by atoms with van der Waals surface area (Å²) in [7, 11) is 0. The Morgan fingerprint density at radius 1 is 1.29 bits per heavy atom. The Bertz CT molecular complexity index is 847. The monoisotopic (exact) mass is 331 g/mol. The SMILES string of the molecule is Cc1cc(O)c2c(C)c(CC(=O)N3CCC(O)CC3)c(=O)oc2c1. The van der Waals surface area contributed by atoms with Gasteiger partial charge in [0.2, 0.25) is 5.91 Å². The molecular formula is C18H21NO5. The van der Waals surface area contributed by atoms with Crippen LogP contribution in [-0.2, 0) is 11.2 Å². The number of hydrogen-bond donors (Lipinski definition) is 2. The Balaban J connectivity index is 1.95. The molecule has 0 saturated carbocycles. The average molecular weight is 331 g/mol. The third-order valence-electron chi connectivity index (χ3n) is 4.65. The number of aryl methyl sites for hydroxylation is 2. The number of likely N-dealkylation sites (tertiary alicyclic amines) is 1. The van der Waals surface area contributed by atoms with Crippen LogP contribution in [0.15, 0.2) is 21.3 Å². The van der Waals surface area contributed by atoms with E-state index in [0.29, 0.717) is 42.5 Å². The summed E-state index contributed by atoms with van der Waals surface area (Å²) in [5.41, 5.74) is 1.42. The van der Waals surface area contributed by atoms with E-state index in [1.54, 1.807) is 30.9 Å². The minimum Gasteiger partial charge on any atom is -0.507 e. The maximum absolute atomic E-state index is 12.5. The molecule has 1 amide bonds. The molecule has 1 aliphatic rings. The zero-order valence-electron chi connectivity index (χ0n) is 13.8. The quantitative estimate of drug-likeness (QED) is 0.817. The number of nitrogens with zero attached hydrogens (tertiary/aromatic N) is 1. The Morgan fingerprint density at radius 3 is 2.62 bits per heavy atom. The van der Waals surface area contributed by atoms with Crippen LogP contribution in [0.25, 0.3) is 11.0 Å². The number of rotatable bonds is 2. The van der Waals surface area contributed by atoms with Crippen LogP contribution in [-0.4, -0.2) is 40.2 Å². The van der Waals surface area contributed by atoms with Gasteiger partial charge < -0.3 is 19.5 Å². The molecule has 6 nitrogen and oxygen atoms in total. The lowest BCUT2D eigenvalue weighted by molar-refractivity contribution is -0.132. The normalized spacial score (nSPS) is 15.9. The molecule has 0 unspecified atom stereocenters. The fourth-order valence-electron chi connectivity index (χ4n) is 3.24. The lowest BCUT2D eigenvalue weighted by Crippen LogP contribution is -2.41. The van der Waals surface area contributed by atoms with Crippen LogP contribution in [0.4, 0.5) is 0 Å². The summed E-state index contributed by atoms with van der Waals surface area (Å²) in [5.74, 6) is -0.121. The second-order valence-corrected chi connectivity index (χ2v) is 6.44. The van der Waals surface area contributed by atoms with Gasteiger partial charge >= 0.3 is 5.63 Å². The van der Waals surface area contributed by atoms with Crippen molar-refractivity contribution in [3.63, 3.8) is 0 Å². The summed E-state index contributed by atoms with van der Waals surface area (Å²) in [6.07, 6.45) is 0.684. The molecule has 6 heteroatoms. The van der Waals surface area contributed by atoms with Gasteiger partial charge in [-0.05, 0) is 49.9 Å². The van der Waals surface area contributed by atoms with Crippen molar-refractivity contribution >= 4 is 16.9 Å². The van der Waals surface area contributed by atoms with Crippen LogP contribution >= 0.6 is 0 Å². The van der Waals surface area contributed by atoms with Crippen LogP contribution < -0.4 is 5.63 Å². The number of aliphatic hydroxyl groups excluding tert-OH is 1. The molecule has 0 bridgehead atoms. The second kappa shape index (κ2) is 6.28. The van der Waals surface area contributed by atoms with Crippen molar-refractivity contribution in [2.24, 2.45) is 0 Å². The second-order valence-electron chi connectivity index (χ2n) is 6.44. The van der Waals surface area contributed by atoms with Gasteiger partial charge in [0.05, 0.1) is 23.5 Å². The summed E-state index contributed by atoms with van der Waals surface area (Å²) in [4.78, 5) is 26.4. The molecule has 0 radical (unpaired) electrons. The smallest absolute Gasteiger partial charge is 0.340 e. The van der Waals surface area contributed by atoms with Crippen LogP contribution in [0.1, 0.15) is 29.5 Å². The zero-order chi connectivity index (χ0) is 17.4. The Morgan fingerprint density at radius 2 is 1.96 bits per heavy atom. The first-order chi connectivity index (χ1) is 11.4. The van der Waals surface area contributed by atoms with Gasteiger partial charge in [0, 0.05) is 13.1 Å². The summed E-state index contributed by atoms with van der Waals surface area (Å²) in [6, 6.07) is 3.30. The van der Waals surface area contributed by atoms with E-state index in [1.165, 1.54) is 0 Å². The summed E-state index contributed by atoms with van der Waals surface area (Å²) >= 11 is 0. The predicted octanol–water partition coefficient (Wildman–Crippen LogP) is 1.64. The van der Waals surface area contributed by atoms with E-state index in [0.717, 1.165) is 5.56 Å². The first-order valence-corrected chi connectivity index (χ1v) is 8.08. The average Bonchev–Trinajstić information content (AvgIpc) is 2.50. The van der Waals surface area contributed by atoms with Gasteiger partial charge in [-0.25, -0.2) is 4.79 Å². The van der Waals surface area contributed by atoms with E-state index in [4.69, 9.17) is 4.42 Å². The highest BCUT2D eigenvalue weighted by Gasteiger charge is 2.24. The maximum Gasteiger partial charge on any atom is 0.340 e. The van der Waals surface area contributed by atoms with Gasteiger partial charge in [-0.2, -0.15) is 0 Å². The standard InChI is InChI=1S/C18H21NO5/c1-10-7-14(21)17-11(2)13(18(23)24-15(17)8-10)9-16(22)19-5-3-12(20)4-6-19/h7-8,12,20-21H,3-6,9H2,1-2H3. The molecule has 1 saturated heterocycles. The van der Waals surface area contributed by atoms with Gasteiger partial charge in [-0.15, -0.1) is 0 Å². The number of aliphatic hydroxyl groups is 1. The zero-order valence-corrected chi connectivity index (χ0v) is 13.8. The van der Waals surface area contributed by atoms with E-state index >= 15 is 0 Å². The molecule has 1 aromatic carbocycles. The number of hydrogen-bond acceptors (Lipinski definition) is 5. The van der Waals surface area contributed by atoms with E-state index in [1.807, 2.05) is 0 Å². The molecule has 128 valence electrons. The molecule has 0 atom stereocenters. The number of piperidine rings is 1. The number of carbonyl (C=O) groups excluding carboxylic acids is 1. The predicted molar refractivity (Wildman–Crippen MR) is 89.1 cm³/mol. The van der Waals surface area contributed by atoms with E-state index < -0.39 is 5.63 Å². The minimum atomic E-state index is -0.546. The van der Waals surface area contributed by atoms with E-state index in [2.05, 4.69) is 0 Å². The number of amides is 1. The van der Waals surface area contributed by atoms with Crippen molar-refractivity contribution in [3.05, 3.63) is 39.2 Å². The molecule has 2 heterocycles. The first kappa shape index (κ1) is 16.5. The van der Waals surface area contributed by atoms with Gasteiger partial charge in [-0.3, -0.25) is 4.79 Å². The Hall–Kier alpha value is -2.34. The minimum absolute atomic E-state index is 0.0426. The Kier molecular flexibility index (Phi) is 4.32. The third kappa shape index (κ3) is 3.01. The number of phenolic OH excluding ortho intramolecular Hbond substituents is 1. The van der Waals surface area contributed by atoms with Gasteiger partial charge in [0.25, 0.3) is 0 Å². The van der Waals surface area contributed by atoms with Crippen molar-refractivity contribution < 1.29 is 19.4 Å². The molecule has 3 rings (SSSR count). The van der Waals surface area contributed by atoms with Gasteiger partial charge in [0.1, 0.15) is 11.3 Å². The lowest BCUT2D eigenvalue weighted by Gasteiger charge is -2.29. The maximum atomic E-state index is 12.5. The molecule has 24 heavy (non-hydrogen) atoms. The summed E-state index contributed by atoms with van der Waals surface area (Å²) < 4.78 is 5.31. The number of fused-ring (bicyclic) bond motifs is 1. The highest BCUT2D eigenvalue weighted by atomic mass is 16.4. The molecule has 1 aromatic heterocycles. The van der Waals surface area contributed by atoms with Gasteiger partial charge in [0.15, 0.2) is 0 Å². The van der Waals surface area contributed by atoms with Crippen molar-refractivity contribution in [2.45, 2.75) is 39.2 Å². The van der Waals surface area contributed by atoms with Crippen LogP contribution in [0.3, 0.4) is 0 Å². The number of benzene rings is 1. The molecule has 1 aliphatic heterocycles. The Labute approximate surface area is 139 Å². The van der Waals surface area contributed by atoms with Crippen molar-refractivity contribution in [1.29, 1.82) is 0 Å². The molecule has 0 aliphatic carbocycles. The fraction of sp³-hybridized carbons (Fsp3) is 0.444. The highest BCUT2D eigenvalue weighted by molar-refractivity contribution is 5.89. The number of carbonyl (C=O) groups is 1. The topological polar surface area (TPSA) is 91.0 Å². The van der Waals surface area contributed by atoms with Crippen LogP contribution in [0.5, 0.6) is 5.75 Å². The number of aromatic hydroxyl groups is 1. The lowest BCUT2D eigenvalue weighted by atomic mass is 10.0. The molecule has 2 aromatic rings. The fourth-order valence-corrected chi connectivity index (χ4v) is 3.24. The first-order valence-electron chi connectivity index (χ1n) is 8.08. The number of phenols is 1. The molecular weight excluding hydrogens is 310 g/mol. The van der Waals surface area contributed by atoms with E-state index in [9.17, 15) is 19.8 Å². The molecule has 1 fully saturated rings. The largest absolute Gasteiger partial charge is 0.507 e. The molecule has 2 N–H and O–H groups in total. The molecule has 0 spiro atoms. The van der Waals surface area contributed by atoms with Crippen molar-refractivity contribution in [3.8, 4) is 5.75 Å². The summed E-state index contributed by atoms with van der Waals surface area (Å²) in [6.45, 7) is 4.50.